The maximum absolute atomic E-state index is 11.9. The van der Waals surface area contributed by atoms with Gasteiger partial charge in [0.05, 0.1) is 6.04 Å². The smallest absolute Gasteiger partial charge is 0.322 e. The van der Waals surface area contributed by atoms with E-state index in [4.69, 9.17) is 0 Å². The number of anilines is 1. The van der Waals surface area contributed by atoms with Gasteiger partial charge in [-0.05, 0) is 35.2 Å². The number of nitrogens with one attached hydrogen (secondary N) is 1. The lowest BCUT2D eigenvalue weighted by atomic mass is 9.92. The fraction of sp³-hybridized carbons (Fsp3) is 0.267. The van der Waals surface area contributed by atoms with Crippen molar-refractivity contribution in [3.05, 3.63) is 42.0 Å². The first-order chi connectivity index (χ1) is 8.84. The van der Waals surface area contributed by atoms with Gasteiger partial charge in [-0.25, -0.2) is 4.79 Å². The second kappa shape index (κ2) is 3.48. The predicted molar refractivity (Wildman–Crippen MR) is 71.9 cm³/mol. The molecule has 0 aromatic heterocycles. The van der Waals surface area contributed by atoms with Gasteiger partial charge in [-0.2, -0.15) is 0 Å². The van der Waals surface area contributed by atoms with Crippen molar-refractivity contribution < 1.29 is 4.79 Å². The molecule has 0 aliphatic carbocycles. The molecule has 1 fully saturated rings. The number of benzene rings is 2. The number of hydrogen-bond acceptors (Lipinski definition) is 1. The molecule has 0 radical (unpaired) electrons. The molecule has 1 unspecified atom stereocenters. The van der Waals surface area contributed by atoms with Gasteiger partial charge in [0.2, 0.25) is 0 Å². The van der Waals surface area contributed by atoms with Gasteiger partial charge in [0.25, 0.3) is 0 Å². The summed E-state index contributed by atoms with van der Waals surface area (Å²) in [6.07, 6.45) is 2.12. The Hall–Kier alpha value is -2.03. The van der Waals surface area contributed by atoms with Crippen molar-refractivity contribution in [2.45, 2.75) is 18.9 Å². The van der Waals surface area contributed by atoms with E-state index in [1.807, 2.05) is 4.90 Å². The van der Waals surface area contributed by atoms with Gasteiger partial charge in [-0.15, -0.1) is 0 Å². The summed E-state index contributed by atoms with van der Waals surface area (Å²) in [5.74, 6) is 0. The molecular formula is C15H14N2O. The highest BCUT2D eigenvalue weighted by Gasteiger charge is 2.36. The van der Waals surface area contributed by atoms with Gasteiger partial charge in [0.1, 0.15) is 0 Å². The minimum atomic E-state index is 0.0521. The van der Waals surface area contributed by atoms with Crippen molar-refractivity contribution in [2.75, 3.05) is 11.4 Å². The fourth-order valence-electron chi connectivity index (χ4n) is 3.21. The van der Waals surface area contributed by atoms with Crippen LogP contribution in [0.1, 0.15) is 12.0 Å². The third kappa shape index (κ3) is 1.22. The number of rotatable bonds is 0. The van der Waals surface area contributed by atoms with Gasteiger partial charge in [-0.1, -0.05) is 30.3 Å². The predicted octanol–water partition coefficient (Wildman–Crippen LogP) is 2.68. The van der Waals surface area contributed by atoms with Crippen molar-refractivity contribution in [3.63, 3.8) is 0 Å². The fourth-order valence-corrected chi connectivity index (χ4v) is 3.21. The molecule has 3 nitrogen and oxygen atoms in total. The van der Waals surface area contributed by atoms with E-state index in [0.29, 0.717) is 6.04 Å². The number of fused-ring (bicyclic) bond motifs is 5. The monoisotopic (exact) mass is 238 g/mol. The first-order valence-corrected chi connectivity index (χ1v) is 6.42. The number of aryl methyl sites for hydroxylation is 1. The second-order valence-electron chi connectivity index (χ2n) is 5.03. The van der Waals surface area contributed by atoms with E-state index >= 15 is 0 Å². The standard InChI is InChI=1S/C15H14N2O/c18-15-16-9-11-6-7-13-12-4-2-1-3-10(12)5-8-14(13)17(11)15/h1-5,8,11H,6-7,9H2,(H,16,18). The van der Waals surface area contributed by atoms with E-state index in [1.165, 1.54) is 16.3 Å². The van der Waals surface area contributed by atoms with Gasteiger partial charge in [-0.3, -0.25) is 4.90 Å². The maximum Gasteiger partial charge on any atom is 0.322 e. The molecule has 0 saturated carbocycles. The van der Waals surface area contributed by atoms with Crippen LogP contribution in [0, 0.1) is 0 Å². The van der Waals surface area contributed by atoms with Crippen LogP contribution >= 0.6 is 0 Å². The molecule has 4 rings (SSSR count). The molecule has 2 aliphatic heterocycles. The molecule has 0 bridgehead atoms. The Bertz CT molecular complexity index is 650. The van der Waals surface area contributed by atoms with Crippen LogP contribution in [-0.2, 0) is 6.42 Å². The van der Waals surface area contributed by atoms with Crippen LogP contribution < -0.4 is 10.2 Å². The molecule has 3 heteroatoms. The number of amides is 2. The minimum absolute atomic E-state index is 0.0521. The van der Waals surface area contributed by atoms with Crippen molar-refractivity contribution >= 4 is 22.5 Å². The van der Waals surface area contributed by atoms with Crippen LogP contribution in [-0.4, -0.2) is 18.6 Å². The van der Waals surface area contributed by atoms with E-state index in [9.17, 15) is 4.79 Å². The van der Waals surface area contributed by atoms with Crippen LogP contribution in [0.4, 0.5) is 10.5 Å². The van der Waals surface area contributed by atoms with E-state index in [1.54, 1.807) is 0 Å². The summed E-state index contributed by atoms with van der Waals surface area (Å²) < 4.78 is 0. The van der Waals surface area contributed by atoms with E-state index in [2.05, 4.69) is 41.7 Å². The quantitative estimate of drug-likeness (QED) is 0.752. The molecule has 1 N–H and O–H groups in total. The normalized spacial score (nSPS) is 21.7. The molecule has 0 spiro atoms. The van der Waals surface area contributed by atoms with E-state index in [0.717, 1.165) is 25.1 Å². The zero-order chi connectivity index (χ0) is 12.1. The average Bonchev–Trinajstić information content (AvgIpc) is 2.80. The zero-order valence-electron chi connectivity index (χ0n) is 10.0. The molecular weight excluding hydrogens is 224 g/mol. The Morgan fingerprint density at radius 1 is 1.17 bits per heavy atom. The molecule has 2 aromatic rings. The summed E-state index contributed by atoms with van der Waals surface area (Å²) in [5.41, 5.74) is 2.42. The summed E-state index contributed by atoms with van der Waals surface area (Å²) in [6.45, 7) is 0.783. The van der Waals surface area contributed by atoms with E-state index < -0.39 is 0 Å². The van der Waals surface area contributed by atoms with Gasteiger partial charge < -0.3 is 5.32 Å². The molecule has 2 amide bonds. The molecule has 2 aliphatic rings. The van der Waals surface area contributed by atoms with Gasteiger partial charge in [0.15, 0.2) is 0 Å². The summed E-state index contributed by atoms with van der Waals surface area (Å²) in [4.78, 5) is 13.9. The number of nitrogens with zero attached hydrogens (tertiary/aromatic N) is 1. The lowest BCUT2D eigenvalue weighted by Gasteiger charge is -2.31. The summed E-state index contributed by atoms with van der Waals surface area (Å²) in [6, 6.07) is 13.0. The first-order valence-electron chi connectivity index (χ1n) is 6.42. The lowest BCUT2D eigenvalue weighted by molar-refractivity contribution is 0.251. The molecule has 1 atom stereocenters. The Morgan fingerprint density at radius 3 is 3.00 bits per heavy atom. The topological polar surface area (TPSA) is 32.3 Å². The summed E-state index contributed by atoms with van der Waals surface area (Å²) >= 11 is 0. The largest absolute Gasteiger partial charge is 0.336 e. The highest BCUT2D eigenvalue weighted by atomic mass is 16.2. The first kappa shape index (κ1) is 9.95. The van der Waals surface area contributed by atoms with Crippen LogP contribution in [0.25, 0.3) is 10.8 Å². The highest BCUT2D eigenvalue weighted by molar-refractivity contribution is 6.00. The van der Waals surface area contributed by atoms with E-state index in [-0.39, 0.29) is 6.03 Å². The second-order valence-corrected chi connectivity index (χ2v) is 5.03. The number of urea groups is 1. The third-order valence-electron chi connectivity index (χ3n) is 4.08. The summed E-state index contributed by atoms with van der Waals surface area (Å²) in [5, 5.41) is 5.48. The minimum Gasteiger partial charge on any atom is -0.336 e. The molecule has 18 heavy (non-hydrogen) atoms. The van der Waals surface area contributed by atoms with Crippen molar-refractivity contribution in [1.82, 2.24) is 5.32 Å². The van der Waals surface area contributed by atoms with Crippen LogP contribution in [0.3, 0.4) is 0 Å². The maximum atomic E-state index is 11.9. The third-order valence-corrected chi connectivity index (χ3v) is 4.08. The van der Waals surface area contributed by atoms with Crippen molar-refractivity contribution in [3.8, 4) is 0 Å². The lowest BCUT2D eigenvalue weighted by Crippen LogP contribution is -2.38. The van der Waals surface area contributed by atoms with Crippen LogP contribution in [0.15, 0.2) is 36.4 Å². The number of carbonyl (C=O) groups is 1. The number of carbonyl (C=O) groups excluding carboxylic acids is 1. The Labute approximate surface area is 105 Å². The molecule has 90 valence electrons. The van der Waals surface area contributed by atoms with Crippen molar-refractivity contribution in [1.29, 1.82) is 0 Å². The Balaban J connectivity index is 1.98. The van der Waals surface area contributed by atoms with Crippen LogP contribution in [0.5, 0.6) is 0 Å². The molecule has 1 saturated heterocycles. The van der Waals surface area contributed by atoms with Crippen molar-refractivity contribution in [2.24, 2.45) is 0 Å². The van der Waals surface area contributed by atoms with Crippen LogP contribution in [0.2, 0.25) is 0 Å². The molecule has 2 aromatic carbocycles. The zero-order valence-corrected chi connectivity index (χ0v) is 10.0. The summed E-state index contributed by atoms with van der Waals surface area (Å²) in [7, 11) is 0. The highest BCUT2D eigenvalue weighted by Crippen LogP contribution is 2.37. The Kier molecular flexibility index (Phi) is 1.92. The number of hydrogen-bond donors (Lipinski definition) is 1. The van der Waals surface area contributed by atoms with Gasteiger partial charge in [0, 0.05) is 12.2 Å². The molecule has 2 heterocycles. The SMILES string of the molecule is O=C1NCC2CCc3c(ccc4ccccc34)N12. The Morgan fingerprint density at radius 2 is 2.06 bits per heavy atom. The van der Waals surface area contributed by atoms with Gasteiger partial charge >= 0.3 is 6.03 Å². The average molecular weight is 238 g/mol.